The van der Waals surface area contributed by atoms with Crippen molar-refractivity contribution in [1.29, 1.82) is 0 Å². The predicted octanol–water partition coefficient (Wildman–Crippen LogP) is 2.56. The van der Waals surface area contributed by atoms with Crippen molar-refractivity contribution < 1.29 is 19.9 Å². The average molecular weight is 338 g/mol. The van der Waals surface area contributed by atoms with Gasteiger partial charge in [-0.05, 0) is 61.2 Å². The molecule has 3 N–H and O–H groups in total. The Morgan fingerprint density at radius 1 is 1.04 bits per heavy atom. The van der Waals surface area contributed by atoms with Crippen molar-refractivity contribution in [3.63, 3.8) is 0 Å². The monoisotopic (exact) mass is 338 g/mol. The highest BCUT2D eigenvalue weighted by molar-refractivity contribution is 6.07. The molecule has 3 rings (SSSR count). The van der Waals surface area contributed by atoms with Crippen LogP contribution in [0.15, 0.2) is 48.5 Å². The van der Waals surface area contributed by atoms with Gasteiger partial charge in [0, 0.05) is 11.1 Å². The molecular weight excluding hydrogens is 314 g/mol. The second kappa shape index (κ2) is 7.99. The molecule has 1 aliphatic heterocycles. The maximum atomic E-state index is 12.4. The van der Waals surface area contributed by atoms with Crippen molar-refractivity contribution in [3.05, 3.63) is 65.2 Å². The highest BCUT2D eigenvalue weighted by atomic mass is 16.3. The molecule has 0 spiro atoms. The lowest BCUT2D eigenvalue weighted by molar-refractivity contribution is -0.918. The molecule has 0 aliphatic carbocycles. The van der Waals surface area contributed by atoms with Crippen LogP contribution in [-0.4, -0.2) is 29.1 Å². The molecule has 0 unspecified atom stereocenters. The van der Waals surface area contributed by atoms with Crippen molar-refractivity contribution in [2.45, 2.75) is 25.8 Å². The Morgan fingerprint density at radius 2 is 1.84 bits per heavy atom. The molecule has 1 fully saturated rings. The molecule has 0 bridgehead atoms. The van der Waals surface area contributed by atoms with Crippen molar-refractivity contribution >= 4 is 11.9 Å². The summed E-state index contributed by atoms with van der Waals surface area (Å²) in [7, 11) is 0. The topological polar surface area (TPSA) is 62.0 Å². The highest BCUT2D eigenvalue weighted by Crippen LogP contribution is 2.19. The van der Waals surface area contributed by atoms with Gasteiger partial charge in [-0.1, -0.05) is 18.2 Å². The summed E-state index contributed by atoms with van der Waals surface area (Å²) in [6.45, 7) is 2.99. The minimum Gasteiger partial charge on any atom is -0.508 e. The maximum absolute atomic E-state index is 12.4. The lowest BCUT2D eigenvalue weighted by atomic mass is 10.0. The normalized spacial score (nSPS) is 15.5. The summed E-state index contributed by atoms with van der Waals surface area (Å²) >= 11 is 0. The van der Waals surface area contributed by atoms with Crippen LogP contribution in [0.3, 0.4) is 0 Å². The smallest absolute Gasteiger partial charge is 0.185 e. The Bertz CT molecular complexity index is 776. The number of likely N-dealkylation sites (tertiary alicyclic amines) is 1. The van der Waals surface area contributed by atoms with Crippen LogP contribution in [0, 0.1) is 0 Å². The Balaban J connectivity index is 1.73. The van der Waals surface area contributed by atoms with Crippen LogP contribution in [0.4, 0.5) is 0 Å². The number of phenols is 2. The van der Waals surface area contributed by atoms with Crippen LogP contribution >= 0.6 is 0 Å². The van der Waals surface area contributed by atoms with Crippen LogP contribution < -0.4 is 4.90 Å². The summed E-state index contributed by atoms with van der Waals surface area (Å²) in [5.74, 6) is 0.316. The largest absolute Gasteiger partial charge is 0.508 e. The number of rotatable bonds is 5. The van der Waals surface area contributed by atoms with Gasteiger partial charge in [0.05, 0.1) is 13.1 Å². The zero-order chi connectivity index (χ0) is 17.6. The summed E-state index contributed by atoms with van der Waals surface area (Å²) < 4.78 is 0. The number of quaternary nitrogens is 1. The fraction of sp³-hybridized carbons (Fsp3) is 0.286. The highest BCUT2D eigenvalue weighted by Gasteiger charge is 2.17. The lowest BCUT2D eigenvalue weighted by Crippen LogP contribution is -3.11. The number of phenolic OH excluding ortho intramolecular Hbond substituents is 2. The van der Waals surface area contributed by atoms with Gasteiger partial charge in [0.25, 0.3) is 0 Å². The molecular formula is C21H24NO3+. The van der Waals surface area contributed by atoms with Gasteiger partial charge in [0.15, 0.2) is 5.78 Å². The fourth-order valence-corrected chi connectivity index (χ4v) is 3.27. The first-order valence-corrected chi connectivity index (χ1v) is 8.79. The Kier molecular flexibility index (Phi) is 5.51. The van der Waals surface area contributed by atoms with Gasteiger partial charge >= 0.3 is 0 Å². The minimum absolute atomic E-state index is 0.113. The molecule has 0 saturated carbocycles. The molecule has 1 saturated heterocycles. The molecule has 0 aromatic heterocycles. The third-order valence-corrected chi connectivity index (χ3v) is 4.66. The van der Waals surface area contributed by atoms with E-state index < -0.39 is 0 Å². The van der Waals surface area contributed by atoms with Gasteiger partial charge in [-0.25, -0.2) is 0 Å². The summed E-state index contributed by atoms with van der Waals surface area (Å²) in [5, 5.41) is 19.6. The number of piperidine rings is 1. The van der Waals surface area contributed by atoms with Gasteiger partial charge in [-0.15, -0.1) is 0 Å². The first-order chi connectivity index (χ1) is 12.1. The zero-order valence-corrected chi connectivity index (χ0v) is 14.2. The van der Waals surface area contributed by atoms with E-state index >= 15 is 0 Å². The van der Waals surface area contributed by atoms with Gasteiger partial charge in [0.2, 0.25) is 0 Å². The molecule has 4 heteroatoms. The van der Waals surface area contributed by atoms with Crippen LogP contribution in [0.5, 0.6) is 11.5 Å². The summed E-state index contributed by atoms with van der Waals surface area (Å²) in [4.78, 5) is 13.9. The molecule has 2 aromatic carbocycles. The van der Waals surface area contributed by atoms with E-state index in [1.165, 1.54) is 30.2 Å². The van der Waals surface area contributed by atoms with Crippen molar-refractivity contribution in [1.82, 2.24) is 0 Å². The molecule has 130 valence electrons. The predicted molar refractivity (Wildman–Crippen MR) is 97.8 cm³/mol. The number of benzene rings is 2. The first kappa shape index (κ1) is 17.2. The number of nitrogens with one attached hydrogen (secondary N) is 1. The fourth-order valence-electron chi connectivity index (χ4n) is 3.27. The van der Waals surface area contributed by atoms with Gasteiger partial charge < -0.3 is 15.1 Å². The zero-order valence-electron chi connectivity index (χ0n) is 14.2. The van der Waals surface area contributed by atoms with Crippen molar-refractivity contribution in [2.24, 2.45) is 0 Å². The Hall–Kier alpha value is -2.59. The molecule has 0 radical (unpaired) electrons. The summed E-state index contributed by atoms with van der Waals surface area (Å²) in [6.07, 6.45) is 6.92. The molecule has 0 amide bonds. The van der Waals surface area contributed by atoms with Crippen molar-refractivity contribution in [2.75, 3.05) is 13.1 Å². The summed E-state index contributed by atoms with van der Waals surface area (Å²) in [5.41, 5.74) is 2.17. The minimum atomic E-state index is -0.113. The molecule has 1 heterocycles. The lowest BCUT2D eigenvalue weighted by Gasteiger charge is -2.23. The van der Waals surface area contributed by atoms with Gasteiger partial charge in [-0.3, -0.25) is 4.79 Å². The van der Waals surface area contributed by atoms with E-state index in [0.717, 1.165) is 30.8 Å². The molecule has 25 heavy (non-hydrogen) atoms. The molecule has 2 aromatic rings. The third kappa shape index (κ3) is 4.70. The number of carbonyl (C=O) groups is 1. The number of aromatic hydroxyl groups is 2. The third-order valence-electron chi connectivity index (χ3n) is 4.66. The van der Waals surface area contributed by atoms with E-state index in [2.05, 4.69) is 0 Å². The van der Waals surface area contributed by atoms with E-state index in [4.69, 9.17) is 0 Å². The molecule has 1 aliphatic rings. The SMILES string of the molecule is O=C(/C=C/c1cccc(O)c1)c1ccc(O)c(C[NH+]2CCCCC2)c1. The Labute approximate surface area is 148 Å². The molecule has 4 nitrogen and oxygen atoms in total. The van der Waals surface area contributed by atoms with Gasteiger partial charge in [0.1, 0.15) is 18.0 Å². The quantitative estimate of drug-likeness (QED) is 0.580. The van der Waals surface area contributed by atoms with Crippen LogP contribution in [-0.2, 0) is 6.54 Å². The van der Waals surface area contributed by atoms with E-state index in [0.29, 0.717) is 5.56 Å². The second-order valence-electron chi connectivity index (χ2n) is 6.62. The number of ketones is 1. The average Bonchev–Trinajstić information content (AvgIpc) is 2.62. The van der Waals surface area contributed by atoms with Crippen LogP contribution in [0.2, 0.25) is 0 Å². The van der Waals surface area contributed by atoms with E-state index in [-0.39, 0.29) is 17.3 Å². The number of allylic oxidation sites excluding steroid dienone is 1. The number of hydrogen-bond donors (Lipinski definition) is 3. The van der Waals surface area contributed by atoms with Crippen molar-refractivity contribution in [3.8, 4) is 11.5 Å². The molecule has 0 atom stereocenters. The van der Waals surface area contributed by atoms with Gasteiger partial charge in [-0.2, -0.15) is 0 Å². The maximum Gasteiger partial charge on any atom is 0.185 e. The van der Waals surface area contributed by atoms with E-state index in [1.54, 1.807) is 42.5 Å². The van der Waals surface area contributed by atoms with Crippen LogP contribution in [0.1, 0.15) is 40.7 Å². The standard InChI is InChI=1S/C21H23NO3/c23-19-6-4-5-16(13-19)7-9-20(24)17-8-10-21(25)18(14-17)15-22-11-2-1-3-12-22/h4-10,13-14,23,25H,1-3,11-12,15H2/p+1/b9-7+. The second-order valence-corrected chi connectivity index (χ2v) is 6.62. The Morgan fingerprint density at radius 3 is 2.60 bits per heavy atom. The van der Waals surface area contributed by atoms with E-state index in [9.17, 15) is 15.0 Å². The number of carbonyl (C=O) groups excluding carboxylic acids is 1. The van der Waals surface area contributed by atoms with Crippen LogP contribution in [0.25, 0.3) is 6.08 Å². The first-order valence-electron chi connectivity index (χ1n) is 8.79. The summed E-state index contributed by atoms with van der Waals surface area (Å²) in [6, 6.07) is 11.8. The number of hydrogen-bond acceptors (Lipinski definition) is 3. The van der Waals surface area contributed by atoms with E-state index in [1.807, 2.05) is 6.07 Å².